The normalized spacial score (nSPS) is 14.8. The number of carbonyl (C=O) groups is 1. The van der Waals surface area contributed by atoms with Crippen LogP contribution in [0.3, 0.4) is 0 Å². The molecule has 1 saturated heterocycles. The predicted molar refractivity (Wildman–Crippen MR) is 116 cm³/mol. The van der Waals surface area contributed by atoms with E-state index < -0.39 is 0 Å². The van der Waals surface area contributed by atoms with Crippen molar-refractivity contribution in [3.63, 3.8) is 0 Å². The minimum Gasteiger partial charge on any atom is -0.421 e. The summed E-state index contributed by atoms with van der Waals surface area (Å²) in [6, 6.07) is 16.5. The number of hydrogen-bond donors (Lipinski definition) is 0. The third kappa shape index (κ3) is 4.94. The van der Waals surface area contributed by atoms with Gasteiger partial charge in [0.25, 0.3) is 0 Å². The molecule has 1 amide bonds. The van der Waals surface area contributed by atoms with Crippen LogP contribution in [0.2, 0.25) is 0 Å². The lowest BCUT2D eigenvalue weighted by molar-refractivity contribution is -0.133. The Kier molecular flexibility index (Phi) is 6.23. The van der Waals surface area contributed by atoms with E-state index in [1.807, 2.05) is 36.1 Å². The van der Waals surface area contributed by atoms with Crippen molar-refractivity contribution >= 4 is 5.91 Å². The molecule has 0 unspecified atom stereocenters. The molecule has 1 fully saturated rings. The van der Waals surface area contributed by atoms with Gasteiger partial charge in [0.2, 0.25) is 17.7 Å². The number of carbonyl (C=O) groups excluding carboxylic acids is 1. The van der Waals surface area contributed by atoms with Crippen LogP contribution in [0.1, 0.15) is 29.0 Å². The van der Waals surface area contributed by atoms with Gasteiger partial charge in [0, 0.05) is 51.1 Å². The summed E-state index contributed by atoms with van der Waals surface area (Å²) in [4.78, 5) is 17.0. The van der Waals surface area contributed by atoms with Crippen molar-refractivity contribution in [2.75, 3.05) is 26.2 Å². The molecule has 0 atom stereocenters. The smallest absolute Gasteiger partial charge is 0.247 e. The Labute approximate surface area is 177 Å². The number of aromatic nitrogens is 2. The Hall–Kier alpha value is -2.99. The summed E-state index contributed by atoms with van der Waals surface area (Å²) in [5, 5.41) is 8.22. The van der Waals surface area contributed by atoms with E-state index in [0.29, 0.717) is 24.6 Å². The highest BCUT2D eigenvalue weighted by Gasteiger charge is 2.22. The second-order valence-corrected chi connectivity index (χ2v) is 7.95. The number of benzene rings is 2. The maximum Gasteiger partial charge on any atom is 0.247 e. The minimum atomic E-state index is 0.153. The molecule has 2 heterocycles. The van der Waals surface area contributed by atoms with Gasteiger partial charge in [-0.1, -0.05) is 42.0 Å². The molecule has 156 valence electrons. The zero-order chi connectivity index (χ0) is 20.9. The van der Waals surface area contributed by atoms with Gasteiger partial charge in [-0.2, -0.15) is 0 Å². The second-order valence-electron chi connectivity index (χ2n) is 7.95. The molecule has 30 heavy (non-hydrogen) atoms. The maximum atomic E-state index is 12.6. The molecule has 6 heteroatoms. The summed E-state index contributed by atoms with van der Waals surface area (Å²) in [5.41, 5.74) is 4.76. The highest BCUT2D eigenvalue weighted by atomic mass is 16.4. The molecule has 0 spiro atoms. The van der Waals surface area contributed by atoms with E-state index in [2.05, 4.69) is 46.3 Å². The van der Waals surface area contributed by atoms with Crippen LogP contribution in [-0.2, 0) is 17.8 Å². The Bertz CT molecular complexity index is 988. The number of nitrogens with zero attached hydrogens (tertiary/aromatic N) is 4. The summed E-state index contributed by atoms with van der Waals surface area (Å²) < 4.78 is 5.74. The Morgan fingerprint density at radius 1 is 0.967 bits per heavy atom. The fourth-order valence-electron chi connectivity index (χ4n) is 3.72. The number of piperazine rings is 1. The summed E-state index contributed by atoms with van der Waals surface area (Å²) in [5.74, 6) is 1.17. The summed E-state index contributed by atoms with van der Waals surface area (Å²) >= 11 is 0. The van der Waals surface area contributed by atoms with Gasteiger partial charge in [0.1, 0.15) is 0 Å². The molecule has 6 nitrogen and oxygen atoms in total. The molecule has 3 aromatic rings. The van der Waals surface area contributed by atoms with E-state index in [0.717, 1.165) is 38.3 Å². The molecule has 0 saturated carbocycles. The van der Waals surface area contributed by atoms with E-state index in [1.165, 1.54) is 16.7 Å². The maximum absolute atomic E-state index is 12.6. The molecule has 0 radical (unpaired) electrons. The van der Waals surface area contributed by atoms with E-state index in [9.17, 15) is 4.79 Å². The van der Waals surface area contributed by atoms with Gasteiger partial charge in [0.05, 0.1) is 0 Å². The average molecular weight is 405 g/mol. The SMILES string of the molecule is Cc1ccc(-c2nnc(CCC(=O)N3CCN(Cc4ccccc4C)CC3)o2)cc1. The first-order valence-electron chi connectivity index (χ1n) is 10.5. The minimum absolute atomic E-state index is 0.153. The van der Waals surface area contributed by atoms with Crippen LogP contribution in [0, 0.1) is 13.8 Å². The number of hydrogen-bond acceptors (Lipinski definition) is 5. The summed E-state index contributed by atoms with van der Waals surface area (Å²) in [6.07, 6.45) is 0.869. The molecule has 0 aliphatic carbocycles. The third-order valence-corrected chi connectivity index (χ3v) is 5.70. The van der Waals surface area contributed by atoms with Crippen LogP contribution in [0.25, 0.3) is 11.5 Å². The van der Waals surface area contributed by atoms with Crippen molar-refractivity contribution in [3.05, 3.63) is 71.1 Å². The van der Waals surface area contributed by atoms with Crippen molar-refractivity contribution in [1.82, 2.24) is 20.0 Å². The van der Waals surface area contributed by atoms with Crippen molar-refractivity contribution < 1.29 is 9.21 Å². The molecule has 1 aliphatic rings. The lowest BCUT2D eigenvalue weighted by Gasteiger charge is -2.35. The molecule has 0 bridgehead atoms. The van der Waals surface area contributed by atoms with Gasteiger partial charge in [-0.15, -0.1) is 10.2 Å². The van der Waals surface area contributed by atoms with E-state index in [4.69, 9.17) is 4.42 Å². The van der Waals surface area contributed by atoms with Crippen molar-refractivity contribution in [2.45, 2.75) is 33.2 Å². The quantitative estimate of drug-likeness (QED) is 0.628. The van der Waals surface area contributed by atoms with Crippen molar-refractivity contribution in [3.8, 4) is 11.5 Å². The highest BCUT2D eigenvalue weighted by Crippen LogP contribution is 2.19. The molecule has 1 aliphatic heterocycles. The fraction of sp³-hybridized carbons (Fsp3) is 0.375. The molecule has 4 rings (SSSR count). The van der Waals surface area contributed by atoms with Crippen LogP contribution in [0.4, 0.5) is 0 Å². The first-order valence-corrected chi connectivity index (χ1v) is 10.5. The van der Waals surface area contributed by atoms with Gasteiger partial charge in [-0.3, -0.25) is 9.69 Å². The van der Waals surface area contributed by atoms with E-state index in [1.54, 1.807) is 0 Å². The first-order chi connectivity index (χ1) is 14.6. The highest BCUT2D eigenvalue weighted by molar-refractivity contribution is 5.76. The van der Waals surface area contributed by atoms with E-state index >= 15 is 0 Å². The van der Waals surface area contributed by atoms with Crippen LogP contribution in [-0.4, -0.2) is 52.1 Å². The average Bonchev–Trinajstić information content (AvgIpc) is 3.24. The summed E-state index contributed by atoms with van der Waals surface area (Å²) in [7, 11) is 0. The number of aryl methyl sites for hydroxylation is 3. The Morgan fingerprint density at radius 2 is 1.70 bits per heavy atom. The zero-order valence-corrected chi connectivity index (χ0v) is 17.7. The summed E-state index contributed by atoms with van der Waals surface area (Å²) in [6.45, 7) is 8.47. The van der Waals surface area contributed by atoms with Crippen LogP contribution in [0.15, 0.2) is 52.9 Å². The van der Waals surface area contributed by atoms with Gasteiger partial charge < -0.3 is 9.32 Å². The fourth-order valence-corrected chi connectivity index (χ4v) is 3.72. The molecular formula is C24H28N4O2. The molecular weight excluding hydrogens is 376 g/mol. The number of amides is 1. The van der Waals surface area contributed by atoms with E-state index in [-0.39, 0.29) is 5.91 Å². The largest absolute Gasteiger partial charge is 0.421 e. The van der Waals surface area contributed by atoms with Crippen molar-refractivity contribution in [1.29, 1.82) is 0 Å². The lowest BCUT2D eigenvalue weighted by Crippen LogP contribution is -2.48. The zero-order valence-electron chi connectivity index (χ0n) is 17.7. The van der Waals surface area contributed by atoms with Crippen LogP contribution >= 0.6 is 0 Å². The second kappa shape index (κ2) is 9.22. The first kappa shape index (κ1) is 20.3. The Morgan fingerprint density at radius 3 is 2.43 bits per heavy atom. The van der Waals surface area contributed by atoms with Gasteiger partial charge in [-0.05, 0) is 37.1 Å². The van der Waals surface area contributed by atoms with Crippen LogP contribution < -0.4 is 0 Å². The van der Waals surface area contributed by atoms with Gasteiger partial charge >= 0.3 is 0 Å². The third-order valence-electron chi connectivity index (χ3n) is 5.70. The number of rotatable bonds is 6. The monoisotopic (exact) mass is 404 g/mol. The predicted octanol–water partition coefficient (Wildman–Crippen LogP) is 3.63. The van der Waals surface area contributed by atoms with Gasteiger partial charge in [-0.25, -0.2) is 0 Å². The standard InChI is InChI=1S/C24H28N4O2/c1-18-7-9-20(10-8-18)24-26-25-22(30-24)11-12-23(29)28-15-13-27(14-16-28)17-21-6-4-3-5-19(21)2/h3-10H,11-17H2,1-2H3. The molecule has 1 aromatic heterocycles. The Balaban J connectivity index is 1.24. The van der Waals surface area contributed by atoms with Gasteiger partial charge in [0.15, 0.2) is 0 Å². The van der Waals surface area contributed by atoms with Crippen LogP contribution in [0.5, 0.6) is 0 Å². The van der Waals surface area contributed by atoms with Crippen molar-refractivity contribution in [2.24, 2.45) is 0 Å². The topological polar surface area (TPSA) is 62.5 Å². The molecule has 0 N–H and O–H groups in total. The molecule has 2 aromatic carbocycles. The lowest BCUT2D eigenvalue weighted by atomic mass is 10.1.